The number of hydrogen-bond acceptors (Lipinski definition) is 4. The van der Waals surface area contributed by atoms with E-state index in [0.717, 1.165) is 12.0 Å². The Labute approximate surface area is 118 Å². The fraction of sp³-hybridized carbons (Fsp3) is 0.600. The molecule has 1 aromatic rings. The minimum atomic E-state index is -0.443. The average Bonchev–Trinajstić information content (AvgIpc) is 3.11. The fourth-order valence-electron chi connectivity index (χ4n) is 3.08. The van der Waals surface area contributed by atoms with E-state index in [2.05, 4.69) is 4.98 Å². The van der Waals surface area contributed by atoms with Crippen molar-refractivity contribution in [3.05, 3.63) is 30.1 Å². The first-order valence-corrected chi connectivity index (χ1v) is 7.21. The summed E-state index contributed by atoms with van der Waals surface area (Å²) in [4.78, 5) is 18.5. The summed E-state index contributed by atoms with van der Waals surface area (Å²) in [6, 6.07) is 3.74. The zero-order valence-corrected chi connectivity index (χ0v) is 11.4. The van der Waals surface area contributed by atoms with Crippen molar-refractivity contribution in [2.24, 2.45) is 5.92 Å². The quantitative estimate of drug-likeness (QED) is 0.879. The summed E-state index contributed by atoms with van der Waals surface area (Å²) in [5.41, 5.74) is 1.05. The van der Waals surface area contributed by atoms with Crippen LogP contribution in [0.1, 0.15) is 18.4 Å². The number of pyridine rings is 1. The van der Waals surface area contributed by atoms with Crippen LogP contribution in [-0.2, 0) is 16.0 Å². The van der Waals surface area contributed by atoms with E-state index in [0.29, 0.717) is 32.6 Å². The lowest BCUT2D eigenvalue weighted by molar-refractivity contribution is -0.137. The van der Waals surface area contributed by atoms with Gasteiger partial charge in [0.2, 0.25) is 5.91 Å². The molecule has 0 saturated carbocycles. The van der Waals surface area contributed by atoms with E-state index in [-0.39, 0.29) is 17.9 Å². The van der Waals surface area contributed by atoms with Gasteiger partial charge in [0.25, 0.3) is 0 Å². The molecule has 3 rings (SSSR count). The van der Waals surface area contributed by atoms with Gasteiger partial charge in [-0.25, -0.2) is 0 Å². The lowest BCUT2D eigenvalue weighted by Crippen LogP contribution is -2.44. The number of likely N-dealkylation sites (tertiary alicyclic amines) is 1. The molecule has 0 aliphatic carbocycles. The number of hydrogen-bond donors (Lipinski definition) is 1. The Morgan fingerprint density at radius 1 is 1.50 bits per heavy atom. The SMILES string of the molecule is O=C([C@@H]1CCOC1)N1CC[C@@H](O)[C@@H]1Cc1cccnc1. The molecule has 2 aliphatic rings. The van der Waals surface area contributed by atoms with Crippen molar-refractivity contribution in [1.29, 1.82) is 0 Å². The molecule has 2 fully saturated rings. The lowest BCUT2D eigenvalue weighted by atomic mass is 10.0. The summed E-state index contributed by atoms with van der Waals surface area (Å²) in [5.74, 6) is 0.102. The molecule has 20 heavy (non-hydrogen) atoms. The molecule has 0 spiro atoms. The Hall–Kier alpha value is -1.46. The number of nitrogens with zero attached hydrogens (tertiary/aromatic N) is 2. The monoisotopic (exact) mass is 276 g/mol. The number of aromatic nitrogens is 1. The predicted molar refractivity (Wildman–Crippen MR) is 73.0 cm³/mol. The third-order valence-corrected chi connectivity index (χ3v) is 4.24. The van der Waals surface area contributed by atoms with E-state index < -0.39 is 6.10 Å². The number of carbonyl (C=O) groups is 1. The second kappa shape index (κ2) is 5.89. The molecule has 5 heteroatoms. The average molecular weight is 276 g/mol. The van der Waals surface area contributed by atoms with Crippen molar-refractivity contribution in [1.82, 2.24) is 9.88 Å². The van der Waals surface area contributed by atoms with Crippen LogP contribution in [0.2, 0.25) is 0 Å². The first kappa shape index (κ1) is 13.5. The Balaban J connectivity index is 1.71. The first-order valence-electron chi connectivity index (χ1n) is 7.21. The standard InChI is InChI=1S/C15H20N2O3/c18-14-3-6-17(15(19)12-4-7-20-10-12)13(14)8-11-2-1-5-16-9-11/h1-2,5,9,12-14,18H,3-4,6-8,10H2/t12-,13+,14-/m1/s1. The third-order valence-electron chi connectivity index (χ3n) is 4.24. The van der Waals surface area contributed by atoms with Crippen LogP contribution in [0.5, 0.6) is 0 Å². The van der Waals surface area contributed by atoms with Gasteiger partial charge in [0, 0.05) is 25.5 Å². The summed E-state index contributed by atoms with van der Waals surface area (Å²) in [6.45, 7) is 1.83. The molecule has 2 saturated heterocycles. The highest BCUT2D eigenvalue weighted by atomic mass is 16.5. The molecular weight excluding hydrogens is 256 g/mol. The number of aliphatic hydroxyl groups is 1. The lowest BCUT2D eigenvalue weighted by Gasteiger charge is -2.28. The summed E-state index contributed by atoms with van der Waals surface area (Å²) in [6.07, 6.45) is 5.20. The van der Waals surface area contributed by atoms with Gasteiger partial charge in [-0.1, -0.05) is 6.07 Å². The molecule has 2 aliphatic heterocycles. The summed E-state index contributed by atoms with van der Waals surface area (Å²) in [7, 11) is 0. The van der Waals surface area contributed by atoms with Gasteiger partial charge in [0.15, 0.2) is 0 Å². The maximum absolute atomic E-state index is 12.5. The zero-order valence-electron chi connectivity index (χ0n) is 11.4. The molecule has 1 amide bonds. The molecule has 1 N–H and O–H groups in total. The number of amides is 1. The molecule has 0 radical (unpaired) electrons. The number of aliphatic hydroxyl groups excluding tert-OH is 1. The van der Waals surface area contributed by atoms with Crippen molar-refractivity contribution < 1.29 is 14.6 Å². The van der Waals surface area contributed by atoms with Gasteiger partial charge in [-0.05, 0) is 30.9 Å². The summed E-state index contributed by atoms with van der Waals surface area (Å²) < 4.78 is 5.30. The van der Waals surface area contributed by atoms with Crippen LogP contribution in [0, 0.1) is 5.92 Å². The fourth-order valence-corrected chi connectivity index (χ4v) is 3.08. The van der Waals surface area contributed by atoms with Crippen LogP contribution in [0.3, 0.4) is 0 Å². The normalized spacial score (nSPS) is 29.9. The van der Waals surface area contributed by atoms with Gasteiger partial charge in [-0.3, -0.25) is 9.78 Å². The molecule has 0 aromatic carbocycles. The van der Waals surface area contributed by atoms with Crippen LogP contribution in [0.25, 0.3) is 0 Å². The molecule has 5 nitrogen and oxygen atoms in total. The zero-order chi connectivity index (χ0) is 13.9. The number of carbonyl (C=O) groups excluding carboxylic acids is 1. The maximum atomic E-state index is 12.5. The van der Waals surface area contributed by atoms with Crippen molar-refractivity contribution >= 4 is 5.91 Å². The first-order chi connectivity index (χ1) is 9.75. The van der Waals surface area contributed by atoms with Gasteiger partial charge >= 0.3 is 0 Å². The van der Waals surface area contributed by atoms with Gasteiger partial charge < -0.3 is 14.7 Å². The Morgan fingerprint density at radius 3 is 3.10 bits per heavy atom. The Bertz CT molecular complexity index is 459. The van der Waals surface area contributed by atoms with Crippen LogP contribution < -0.4 is 0 Å². The van der Waals surface area contributed by atoms with Gasteiger partial charge in [0.05, 0.1) is 24.7 Å². The minimum absolute atomic E-state index is 0.0308. The minimum Gasteiger partial charge on any atom is -0.391 e. The second-order valence-corrected chi connectivity index (χ2v) is 5.58. The van der Waals surface area contributed by atoms with E-state index in [1.54, 1.807) is 12.4 Å². The second-order valence-electron chi connectivity index (χ2n) is 5.58. The highest BCUT2D eigenvalue weighted by molar-refractivity contribution is 5.80. The largest absolute Gasteiger partial charge is 0.391 e. The molecule has 1 aromatic heterocycles. The highest BCUT2D eigenvalue weighted by Gasteiger charge is 2.39. The number of rotatable bonds is 3. The van der Waals surface area contributed by atoms with Crippen LogP contribution in [0.15, 0.2) is 24.5 Å². The van der Waals surface area contributed by atoms with Crippen molar-refractivity contribution in [2.45, 2.75) is 31.4 Å². The predicted octanol–water partition coefficient (Wildman–Crippen LogP) is 0.622. The smallest absolute Gasteiger partial charge is 0.228 e. The molecule has 0 bridgehead atoms. The van der Waals surface area contributed by atoms with Crippen molar-refractivity contribution in [2.75, 3.05) is 19.8 Å². The van der Waals surface area contributed by atoms with Gasteiger partial charge in [0.1, 0.15) is 0 Å². The van der Waals surface area contributed by atoms with E-state index in [1.165, 1.54) is 0 Å². The van der Waals surface area contributed by atoms with Crippen LogP contribution in [0.4, 0.5) is 0 Å². The van der Waals surface area contributed by atoms with E-state index in [1.807, 2.05) is 17.0 Å². The Kier molecular flexibility index (Phi) is 3.98. The molecule has 3 heterocycles. The van der Waals surface area contributed by atoms with Gasteiger partial charge in [-0.15, -0.1) is 0 Å². The topological polar surface area (TPSA) is 62.7 Å². The summed E-state index contributed by atoms with van der Waals surface area (Å²) >= 11 is 0. The van der Waals surface area contributed by atoms with E-state index >= 15 is 0 Å². The van der Waals surface area contributed by atoms with Crippen molar-refractivity contribution in [3.8, 4) is 0 Å². The molecule has 108 valence electrons. The van der Waals surface area contributed by atoms with Crippen LogP contribution >= 0.6 is 0 Å². The number of ether oxygens (including phenoxy) is 1. The third kappa shape index (κ3) is 2.69. The maximum Gasteiger partial charge on any atom is 0.228 e. The van der Waals surface area contributed by atoms with Crippen molar-refractivity contribution in [3.63, 3.8) is 0 Å². The molecular formula is C15H20N2O3. The van der Waals surface area contributed by atoms with E-state index in [9.17, 15) is 9.90 Å². The van der Waals surface area contributed by atoms with E-state index in [4.69, 9.17) is 4.74 Å². The Morgan fingerprint density at radius 2 is 2.40 bits per heavy atom. The van der Waals surface area contributed by atoms with Crippen LogP contribution in [-0.4, -0.2) is 52.8 Å². The molecule has 0 unspecified atom stereocenters. The summed E-state index contributed by atoms with van der Waals surface area (Å²) in [5, 5.41) is 10.2. The van der Waals surface area contributed by atoms with Gasteiger partial charge in [-0.2, -0.15) is 0 Å². The molecule has 3 atom stereocenters. The highest BCUT2D eigenvalue weighted by Crippen LogP contribution is 2.26.